The minimum Gasteiger partial charge on any atom is -0.313 e. The molecule has 0 saturated heterocycles. The van der Waals surface area contributed by atoms with Crippen molar-refractivity contribution in [1.29, 1.82) is 0 Å². The van der Waals surface area contributed by atoms with Gasteiger partial charge in [-0.1, -0.05) is 29.8 Å². The minimum atomic E-state index is -4.52. The van der Waals surface area contributed by atoms with E-state index in [0.717, 1.165) is 5.56 Å². The zero-order valence-electron chi connectivity index (χ0n) is 9.68. The maximum Gasteiger partial charge on any atom is 0.522 e. The standard InChI is InChI=1S/C12H16F3NO/c1-10-3-5-11(6-4-10)9-16-7-2-8-17-12(13,14)15/h3-6,16H,2,7-9H2,1H3. The maximum atomic E-state index is 11.6. The molecule has 0 aliphatic carbocycles. The van der Waals surface area contributed by atoms with Crippen LogP contribution in [0.25, 0.3) is 0 Å². The summed E-state index contributed by atoms with van der Waals surface area (Å²) in [5.74, 6) is 0. The van der Waals surface area contributed by atoms with Gasteiger partial charge in [0.05, 0.1) is 6.61 Å². The lowest BCUT2D eigenvalue weighted by atomic mass is 10.1. The average Bonchev–Trinajstić information content (AvgIpc) is 2.24. The monoisotopic (exact) mass is 247 g/mol. The fourth-order valence-corrected chi connectivity index (χ4v) is 1.32. The van der Waals surface area contributed by atoms with E-state index in [2.05, 4.69) is 10.1 Å². The molecular formula is C12H16F3NO. The van der Waals surface area contributed by atoms with Gasteiger partial charge in [0.1, 0.15) is 0 Å². The zero-order valence-corrected chi connectivity index (χ0v) is 9.68. The van der Waals surface area contributed by atoms with E-state index in [1.165, 1.54) is 5.56 Å². The first-order chi connectivity index (χ1) is 7.97. The van der Waals surface area contributed by atoms with Gasteiger partial charge in [0, 0.05) is 6.54 Å². The van der Waals surface area contributed by atoms with Crippen LogP contribution in [-0.2, 0) is 11.3 Å². The van der Waals surface area contributed by atoms with E-state index < -0.39 is 6.36 Å². The van der Waals surface area contributed by atoms with Crippen LogP contribution in [0.5, 0.6) is 0 Å². The highest BCUT2D eigenvalue weighted by Crippen LogP contribution is 2.15. The van der Waals surface area contributed by atoms with Crippen molar-refractivity contribution in [3.05, 3.63) is 35.4 Å². The number of hydrogen-bond donors (Lipinski definition) is 1. The Bertz CT molecular complexity index is 322. The van der Waals surface area contributed by atoms with Crippen molar-refractivity contribution in [2.45, 2.75) is 26.3 Å². The molecule has 17 heavy (non-hydrogen) atoms. The SMILES string of the molecule is Cc1ccc(CNCCCOC(F)(F)F)cc1. The van der Waals surface area contributed by atoms with Gasteiger partial charge in [0.15, 0.2) is 0 Å². The first kappa shape index (κ1) is 14.0. The van der Waals surface area contributed by atoms with Gasteiger partial charge in [-0.2, -0.15) is 0 Å². The van der Waals surface area contributed by atoms with Crippen molar-refractivity contribution in [1.82, 2.24) is 5.32 Å². The number of aryl methyl sites for hydroxylation is 1. The Morgan fingerprint density at radius 3 is 2.41 bits per heavy atom. The van der Waals surface area contributed by atoms with Gasteiger partial charge in [-0.3, -0.25) is 4.74 Å². The number of ether oxygens (including phenoxy) is 1. The van der Waals surface area contributed by atoms with E-state index in [1.54, 1.807) is 0 Å². The third-order valence-electron chi connectivity index (χ3n) is 2.21. The molecule has 0 aliphatic rings. The van der Waals surface area contributed by atoms with E-state index in [9.17, 15) is 13.2 Å². The van der Waals surface area contributed by atoms with Gasteiger partial charge < -0.3 is 5.32 Å². The number of alkyl halides is 3. The molecule has 0 radical (unpaired) electrons. The smallest absolute Gasteiger partial charge is 0.313 e. The van der Waals surface area contributed by atoms with Crippen molar-refractivity contribution in [2.75, 3.05) is 13.2 Å². The summed E-state index contributed by atoms with van der Waals surface area (Å²) < 4.78 is 38.5. The van der Waals surface area contributed by atoms with Gasteiger partial charge in [-0.05, 0) is 25.5 Å². The topological polar surface area (TPSA) is 21.3 Å². The molecule has 0 heterocycles. The molecule has 96 valence electrons. The van der Waals surface area contributed by atoms with Crippen LogP contribution in [0.4, 0.5) is 13.2 Å². The molecule has 5 heteroatoms. The van der Waals surface area contributed by atoms with E-state index in [-0.39, 0.29) is 6.61 Å². The lowest BCUT2D eigenvalue weighted by Crippen LogP contribution is -2.19. The first-order valence-corrected chi connectivity index (χ1v) is 5.44. The fraction of sp³-hybridized carbons (Fsp3) is 0.500. The van der Waals surface area contributed by atoms with Crippen LogP contribution in [0.15, 0.2) is 24.3 Å². The van der Waals surface area contributed by atoms with Gasteiger partial charge in [-0.25, -0.2) is 0 Å². The summed E-state index contributed by atoms with van der Waals surface area (Å²) in [5, 5.41) is 3.06. The number of nitrogens with one attached hydrogen (secondary N) is 1. The fourth-order valence-electron chi connectivity index (χ4n) is 1.32. The van der Waals surface area contributed by atoms with Crippen LogP contribution in [0.3, 0.4) is 0 Å². The molecule has 0 bridgehead atoms. The number of halogens is 3. The molecule has 1 N–H and O–H groups in total. The van der Waals surface area contributed by atoms with Gasteiger partial charge in [0.2, 0.25) is 0 Å². The summed E-state index contributed by atoms with van der Waals surface area (Å²) in [7, 11) is 0. The molecule has 0 saturated carbocycles. The van der Waals surface area contributed by atoms with Gasteiger partial charge in [-0.15, -0.1) is 13.2 Å². The lowest BCUT2D eigenvalue weighted by molar-refractivity contribution is -0.324. The van der Waals surface area contributed by atoms with Crippen LogP contribution >= 0.6 is 0 Å². The largest absolute Gasteiger partial charge is 0.522 e. The Morgan fingerprint density at radius 2 is 1.82 bits per heavy atom. The van der Waals surface area contributed by atoms with Crippen molar-refractivity contribution in [2.24, 2.45) is 0 Å². The first-order valence-electron chi connectivity index (χ1n) is 5.44. The number of hydrogen-bond acceptors (Lipinski definition) is 2. The summed E-state index contributed by atoms with van der Waals surface area (Å²) in [4.78, 5) is 0. The molecule has 1 aromatic carbocycles. The van der Waals surface area contributed by atoms with E-state index in [0.29, 0.717) is 19.5 Å². The molecule has 0 fully saturated rings. The van der Waals surface area contributed by atoms with E-state index in [1.807, 2.05) is 31.2 Å². The summed E-state index contributed by atoms with van der Waals surface area (Å²) in [6.07, 6.45) is -4.18. The normalized spacial score (nSPS) is 11.8. The second-order valence-electron chi connectivity index (χ2n) is 3.81. The van der Waals surface area contributed by atoms with Crippen LogP contribution < -0.4 is 5.32 Å². The lowest BCUT2D eigenvalue weighted by Gasteiger charge is -2.08. The molecule has 0 aliphatic heterocycles. The summed E-state index contributed by atoms with van der Waals surface area (Å²) in [6.45, 7) is 2.87. The van der Waals surface area contributed by atoms with Crippen molar-refractivity contribution in [3.8, 4) is 0 Å². The third-order valence-corrected chi connectivity index (χ3v) is 2.21. The molecule has 2 nitrogen and oxygen atoms in total. The average molecular weight is 247 g/mol. The Labute approximate surface area is 98.8 Å². The van der Waals surface area contributed by atoms with Crippen LogP contribution in [0, 0.1) is 6.92 Å². The predicted octanol–water partition coefficient (Wildman–Crippen LogP) is 3.01. The van der Waals surface area contributed by atoms with Crippen molar-refractivity contribution in [3.63, 3.8) is 0 Å². The minimum absolute atomic E-state index is 0.301. The molecule has 0 unspecified atom stereocenters. The Hall–Kier alpha value is -1.07. The number of benzene rings is 1. The second-order valence-corrected chi connectivity index (χ2v) is 3.81. The highest BCUT2D eigenvalue weighted by molar-refractivity contribution is 5.20. The van der Waals surface area contributed by atoms with Gasteiger partial charge >= 0.3 is 6.36 Å². The molecule has 0 aromatic heterocycles. The quantitative estimate of drug-likeness (QED) is 0.780. The maximum absolute atomic E-state index is 11.6. The molecule has 0 amide bonds. The summed E-state index contributed by atoms with van der Waals surface area (Å²) in [6, 6.07) is 8.00. The van der Waals surface area contributed by atoms with Crippen LogP contribution in [0.2, 0.25) is 0 Å². The molecule has 1 rings (SSSR count). The van der Waals surface area contributed by atoms with Crippen molar-refractivity contribution < 1.29 is 17.9 Å². The Kier molecular flexibility index (Phi) is 5.44. The van der Waals surface area contributed by atoms with Gasteiger partial charge in [0.25, 0.3) is 0 Å². The molecular weight excluding hydrogens is 231 g/mol. The Balaban J connectivity index is 2.07. The van der Waals surface area contributed by atoms with Crippen LogP contribution in [-0.4, -0.2) is 19.5 Å². The Morgan fingerprint density at radius 1 is 1.18 bits per heavy atom. The molecule has 1 aromatic rings. The summed E-state index contributed by atoms with van der Waals surface area (Å²) >= 11 is 0. The highest BCUT2D eigenvalue weighted by Gasteiger charge is 2.28. The summed E-state index contributed by atoms with van der Waals surface area (Å²) in [5.41, 5.74) is 2.31. The van der Waals surface area contributed by atoms with Crippen molar-refractivity contribution >= 4 is 0 Å². The predicted molar refractivity (Wildman–Crippen MR) is 59.5 cm³/mol. The molecule has 0 atom stereocenters. The second kappa shape index (κ2) is 6.61. The zero-order chi connectivity index (χ0) is 12.7. The van der Waals surface area contributed by atoms with E-state index in [4.69, 9.17) is 0 Å². The molecule has 0 spiro atoms. The van der Waals surface area contributed by atoms with Crippen LogP contribution in [0.1, 0.15) is 17.5 Å². The number of rotatable bonds is 6. The highest BCUT2D eigenvalue weighted by atomic mass is 19.4. The van der Waals surface area contributed by atoms with E-state index >= 15 is 0 Å². The third kappa shape index (κ3) is 6.97.